The smallest absolute Gasteiger partial charge is 0.323 e. The topological polar surface area (TPSA) is 68.5 Å². The van der Waals surface area contributed by atoms with Crippen LogP contribution >= 0.6 is 0 Å². The van der Waals surface area contributed by atoms with Gasteiger partial charge in [0.25, 0.3) is 0 Å². The van der Waals surface area contributed by atoms with Gasteiger partial charge in [-0.3, -0.25) is 9.69 Å². The molecule has 1 fully saturated rings. The summed E-state index contributed by atoms with van der Waals surface area (Å²) in [4.78, 5) is 18.2. The number of rotatable bonds is 5. The number of aromatic nitrogens is 2. The van der Waals surface area contributed by atoms with Gasteiger partial charge in [-0.2, -0.15) is 4.98 Å². The molecule has 1 saturated heterocycles. The summed E-state index contributed by atoms with van der Waals surface area (Å²) in [6.45, 7) is 1.36. The molecular weight excluding hydrogens is 282 g/mol. The molecule has 0 N–H and O–H groups in total. The Labute approximate surface area is 129 Å². The summed E-state index contributed by atoms with van der Waals surface area (Å²) in [6, 6.07) is 9.80. The van der Waals surface area contributed by atoms with Crippen LogP contribution in [0.5, 0.6) is 0 Å². The number of hydrogen-bond donors (Lipinski definition) is 0. The number of benzene rings is 1. The molecule has 0 unspecified atom stereocenters. The monoisotopic (exact) mass is 301 g/mol. The van der Waals surface area contributed by atoms with Crippen LogP contribution in [-0.4, -0.2) is 40.7 Å². The van der Waals surface area contributed by atoms with E-state index in [2.05, 4.69) is 10.1 Å². The molecule has 22 heavy (non-hydrogen) atoms. The van der Waals surface area contributed by atoms with Crippen molar-refractivity contribution in [1.29, 1.82) is 0 Å². The quantitative estimate of drug-likeness (QED) is 0.784. The Morgan fingerprint density at radius 1 is 1.41 bits per heavy atom. The third-order valence-corrected chi connectivity index (χ3v) is 3.89. The Kier molecular flexibility index (Phi) is 4.48. The van der Waals surface area contributed by atoms with E-state index in [4.69, 9.17) is 9.26 Å². The van der Waals surface area contributed by atoms with Crippen LogP contribution in [-0.2, 0) is 22.5 Å². The molecule has 2 aromatic rings. The van der Waals surface area contributed by atoms with E-state index in [0.29, 0.717) is 24.7 Å². The molecular formula is C16H19N3O3. The van der Waals surface area contributed by atoms with Gasteiger partial charge in [0.2, 0.25) is 5.89 Å². The van der Waals surface area contributed by atoms with Gasteiger partial charge in [0.1, 0.15) is 6.04 Å². The third-order valence-electron chi connectivity index (χ3n) is 3.89. The highest BCUT2D eigenvalue weighted by Crippen LogP contribution is 2.20. The summed E-state index contributed by atoms with van der Waals surface area (Å²) >= 11 is 0. The van der Waals surface area contributed by atoms with Crippen molar-refractivity contribution < 1.29 is 14.1 Å². The van der Waals surface area contributed by atoms with Gasteiger partial charge < -0.3 is 9.26 Å². The zero-order valence-corrected chi connectivity index (χ0v) is 12.6. The zero-order chi connectivity index (χ0) is 15.4. The largest absolute Gasteiger partial charge is 0.468 e. The Morgan fingerprint density at radius 2 is 2.23 bits per heavy atom. The van der Waals surface area contributed by atoms with Crippen LogP contribution in [0, 0.1) is 0 Å². The fraction of sp³-hybridized carbons (Fsp3) is 0.438. The minimum Gasteiger partial charge on any atom is -0.468 e. The van der Waals surface area contributed by atoms with Crippen molar-refractivity contribution in [3.63, 3.8) is 0 Å². The normalized spacial score (nSPS) is 18.5. The van der Waals surface area contributed by atoms with Crippen molar-refractivity contribution >= 4 is 5.97 Å². The number of carbonyl (C=O) groups is 1. The lowest BCUT2D eigenvalue weighted by Gasteiger charge is -2.20. The van der Waals surface area contributed by atoms with Gasteiger partial charge in [0.15, 0.2) is 5.82 Å². The predicted octanol–water partition coefficient (Wildman–Crippen LogP) is 1.80. The van der Waals surface area contributed by atoms with Gasteiger partial charge in [-0.25, -0.2) is 0 Å². The average molecular weight is 301 g/mol. The van der Waals surface area contributed by atoms with Gasteiger partial charge >= 0.3 is 5.97 Å². The first-order valence-electron chi connectivity index (χ1n) is 7.43. The maximum absolute atomic E-state index is 11.7. The van der Waals surface area contributed by atoms with Crippen molar-refractivity contribution in [1.82, 2.24) is 15.0 Å². The minimum atomic E-state index is -0.193. The van der Waals surface area contributed by atoms with Crippen molar-refractivity contribution in [2.75, 3.05) is 13.7 Å². The third kappa shape index (κ3) is 3.33. The molecule has 0 amide bonds. The first-order chi connectivity index (χ1) is 10.8. The van der Waals surface area contributed by atoms with Gasteiger partial charge in [0, 0.05) is 0 Å². The molecule has 0 saturated carbocycles. The molecule has 0 aliphatic carbocycles. The molecule has 2 heterocycles. The number of ether oxygens (including phenoxy) is 1. The Hall–Kier alpha value is -2.21. The van der Waals surface area contributed by atoms with Crippen molar-refractivity contribution in [2.45, 2.75) is 31.8 Å². The number of carbonyl (C=O) groups excluding carboxylic acids is 1. The van der Waals surface area contributed by atoms with Crippen LogP contribution in [0.25, 0.3) is 0 Å². The minimum absolute atomic E-state index is 0.189. The highest BCUT2D eigenvalue weighted by molar-refractivity contribution is 5.75. The van der Waals surface area contributed by atoms with Crippen LogP contribution in [0.4, 0.5) is 0 Å². The Balaban J connectivity index is 1.63. The fourth-order valence-electron chi connectivity index (χ4n) is 2.80. The molecule has 1 aliphatic heterocycles. The van der Waals surface area contributed by atoms with Gasteiger partial charge in [0.05, 0.1) is 20.1 Å². The second-order valence-electron chi connectivity index (χ2n) is 5.42. The van der Waals surface area contributed by atoms with Gasteiger partial charge in [-0.05, 0) is 24.9 Å². The lowest BCUT2D eigenvalue weighted by molar-refractivity contribution is -0.146. The maximum atomic E-state index is 11.7. The van der Waals surface area contributed by atoms with E-state index >= 15 is 0 Å². The van der Waals surface area contributed by atoms with Crippen LogP contribution in [0.15, 0.2) is 34.9 Å². The Morgan fingerprint density at radius 3 is 3.00 bits per heavy atom. The zero-order valence-electron chi connectivity index (χ0n) is 12.6. The van der Waals surface area contributed by atoms with E-state index in [1.807, 2.05) is 35.2 Å². The highest BCUT2D eigenvalue weighted by atomic mass is 16.5. The van der Waals surface area contributed by atoms with E-state index in [0.717, 1.165) is 24.9 Å². The molecule has 0 spiro atoms. The van der Waals surface area contributed by atoms with E-state index in [1.54, 1.807) is 0 Å². The predicted molar refractivity (Wildman–Crippen MR) is 79.0 cm³/mol. The molecule has 1 aromatic heterocycles. The van der Waals surface area contributed by atoms with Crippen LogP contribution in [0.2, 0.25) is 0 Å². The molecule has 0 radical (unpaired) electrons. The van der Waals surface area contributed by atoms with E-state index < -0.39 is 0 Å². The summed E-state index contributed by atoms with van der Waals surface area (Å²) in [7, 11) is 1.42. The SMILES string of the molecule is COC(=O)[C@@H]1CCCN1Cc1noc(Cc2ccccc2)n1. The van der Waals surface area contributed by atoms with Crippen LogP contribution in [0.3, 0.4) is 0 Å². The van der Waals surface area contributed by atoms with Crippen molar-refractivity contribution in [3.05, 3.63) is 47.6 Å². The number of hydrogen-bond acceptors (Lipinski definition) is 6. The number of likely N-dealkylation sites (tertiary alicyclic amines) is 1. The standard InChI is InChI=1S/C16H19N3O3/c1-21-16(20)13-8-5-9-19(13)11-14-17-15(22-18-14)10-12-6-3-2-4-7-12/h2-4,6-7,13H,5,8-11H2,1H3/t13-/m0/s1. The summed E-state index contributed by atoms with van der Waals surface area (Å²) in [5.74, 6) is 1.02. The molecule has 3 rings (SSSR count). The number of esters is 1. The van der Waals surface area contributed by atoms with E-state index in [1.165, 1.54) is 7.11 Å². The molecule has 6 heteroatoms. The Bertz CT molecular complexity index is 627. The van der Waals surface area contributed by atoms with Gasteiger partial charge in [-0.15, -0.1) is 0 Å². The number of methoxy groups -OCH3 is 1. The van der Waals surface area contributed by atoms with Crippen LogP contribution in [0.1, 0.15) is 30.1 Å². The lowest BCUT2D eigenvalue weighted by atomic mass is 10.1. The highest BCUT2D eigenvalue weighted by Gasteiger charge is 2.32. The van der Waals surface area contributed by atoms with E-state index in [9.17, 15) is 4.79 Å². The lowest BCUT2D eigenvalue weighted by Crippen LogP contribution is -2.36. The average Bonchev–Trinajstić information content (AvgIpc) is 3.18. The van der Waals surface area contributed by atoms with Crippen molar-refractivity contribution in [3.8, 4) is 0 Å². The summed E-state index contributed by atoms with van der Waals surface area (Å²) in [6.07, 6.45) is 2.42. The fourth-order valence-corrected chi connectivity index (χ4v) is 2.80. The van der Waals surface area contributed by atoms with E-state index in [-0.39, 0.29) is 12.0 Å². The summed E-state index contributed by atoms with van der Waals surface area (Å²) in [5, 5.41) is 4.02. The molecule has 0 bridgehead atoms. The molecule has 6 nitrogen and oxygen atoms in total. The maximum Gasteiger partial charge on any atom is 0.323 e. The molecule has 116 valence electrons. The molecule has 1 aromatic carbocycles. The second-order valence-corrected chi connectivity index (χ2v) is 5.42. The van der Waals surface area contributed by atoms with Crippen LogP contribution < -0.4 is 0 Å². The summed E-state index contributed by atoms with van der Waals surface area (Å²) < 4.78 is 10.1. The second kappa shape index (κ2) is 6.70. The first-order valence-corrected chi connectivity index (χ1v) is 7.43. The van der Waals surface area contributed by atoms with Crippen molar-refractivity contribution in [2.24, 2.45) is 0 Å². The molecule has 1 aliphatic rings. The molecule has 1 atom stereocenters. The number of nitrogens with zero attached hydrogens (tertiary/aromatic N) is 3. The first kappa shape index (κ1) is 14.7. The summed E-state index contributed by atoms with van der Waals surface area (Å²) in [5.41, 5.74) is 1.13. The van der Waals surface area contributed by atoms with Gasteiger partial charge in [-0.1, -0.05) is 35.5 Å².